The Balaban J connectivity index is 1.76. The van der Waals surface area contributed by atoms with Gasteiger partial charge >= 0.3 is 0 Å². The van der Waals surface area contributed by atoms with Crippen molar-refractivity contribution in [2.75, 3.05) is 17.2 Å². The van der Waals surface area contributed by atoms with Gasteiger partial charge < -0.3 is 10.6 Å². The lowest BCUT2D eigenvalue weighted by molar-refractivity contribution is -0.115. The molecule has 0 saturated heterocycles. The van der Waals surface area contributed by atoms with E-state index in [2.05, 4.69) is 24.5 Å². The Morgan fingerprint density at radius 2 is 1.59 bits per heavy atom. The van der Waals surface area contributed by atoms with Crippen LogP contribution in [-0.2, 0) is 4.79 Å². The van der Waals surface area contributed by atoms with Crippen LogP contribution in [0, 0.1) is 0 Å². The monoisotopic (exact) mass is 316 g/mol. The number of benzene rings is 2. The van der Waals surface area contributed by atoms with E-state index in [1.54, 1.807) is 0 Å². The molecule has 0 unspecified atom stereocenters. The number of hydrogen-bond donors (Lipinski definition) is 2. The number of anilines is 2. The highest BCUT2D eigenvalue weighted by atomic mass is 35.5. The summed E-state index contributed by atoms with van der Waals surface area (Å²) in [5.41, 5.74) is 3.06. The van der Waals surface area contributed by atoms with E-state index < -0.39 is 0 Å². The zero-order chi connectivity index (χ0) is 15.9. The highest BCUT2D eigenvalue weighted by molar-refractivity contribution is 6.30. The van der Waals surface area contributed by atoms with Gasteiger partial charge in [-0.25, -0.2) is 0 Å². The minimum atomic E-state index is -0.00115. The molecule has 0 saturated carbocycles. The van der Waals surface area contributed by atoms with Crippen molar-refractivity contribution in [3.8, 4) is 0 Å². The number of carbonyl (C=O) groups excluding carboxylic acids is 1. The summed E-state index contributed by atoms with van der Waals surface area (Å²) in [6.07, 6.45) is 0.411. The van der Waals surface area contributed by atoms with E-state index in [0.29, 0.717) is 23.9 Å². The van der Waals surface area contributed by atoms with Crippen LogP contribution in [0.15, 0.2) is 48.5 Å². The number of hydrogen-bond acceptors (Lipinski definition) is 2. The Hall–Kier alpha value is -2.00. The number of halogens is 1. The molecule has 0 radical (unpaired) electrons. The molecule has 0 fully saturated rings. The topological polar surface area (TPSA) is 41.1 Å². The fourth-order valence-corrected chi connectivity index (χ4v) is 2.19. The Bertz CT molecular complexity index is 606. The minimum Gasteiger partial charge on any atom is -0.385 e. The largest absolute Gasteiger partial charge is 0.385 e. The van der Waals surface area contributed by atoms with Gasteiger partial charge in [-0.1, -0.05) is 37.6 Å². The molecule has 2 rings (SSSR count). The average Bonchev–Trinajstić information content (AvgIpc) is 2.50. The molecule has 2 aromatic carbocycles. The quantitative estimate of drug-likeness (QED) is 0.795. The average molecular weight is 317 g/mol. The van der Waals surface area contributed by atoms with E-state index in [-0.39, 0.29) is 5.91 Å². The molecule has 2 N–H and O–H groups in total. The number of amides is 1. The maximum absolute atomic E-state index is 11.9. The van der Waals surface area contributed by atoms with Gasteiger partial charge in [-0.2, -0.15) is 0 Å². The molecule has 0 aliphatic rings. The van der Waals surface area contributed by atoms with Crippen LogP contribution in [0.2, 0.25) is 5.02 Å². The lowest BCUT2D eigenvalue weighted by Gasteiger charge is -2.09. The molecule has 3 nitrogen and oxygen atoms in total. The van der Waals surface area contributed by atoms with E-state index in [1.165, 1.54) is 5.56 Å². The summed E-state index contributed by atoms with van der Waals surface area (Å²) in [5, 5.41) is 6.80. The van der Waals surface area contributed by atoms with Gasteiger partial charge in [-0.3, -0.25) is 4.79 Å². The van der Waals surface area contributed by atoms with Crippen molar-refractivity contribution in [2.24, 2.45) is 0 Å². The van der Waals surface area contributed by atoms with Crippen LogP contribution < -0.4 is 10.6 Å². The lowest BCUT2D eigenvalue weighted by atomic mass is 10.0. The van der Waals surface area contributed by atoms with Crippen LogP contribution in [0.4, 0.5) is 11.4 Å². The van der Waals surface area contributed by atoms with E-state index >= 15 is 0 Å². The van der Waals surface area contributed by atoms with E-state index in [9.17, 15) is 4.79 Å². The first kappa shape index (κ1) is 16.4. The normalized spacial score (nSPS) is 10.5. The predicted octanol–water partition coefficient (Wildman–Crippen LogP) is 4.90. The molecular weight excluding hydrogens is 296 g/mol. The molecule has 0 heterocycles. The molecule has 0 aliphatic carbocycles. The third-order valence-electron chi connectivity index (χ3n) is 3.39. The number of carbonyl (C=O) groups is 1. The Morgan fingerprint density at radius 1 is 1.00 bits per heavy atom. The molecule has 22 heavy (non-hydrogen) atoms. The molecule has 0 aliphatic heterocycles. The molecular formula is C18H21ClN2O. The van der Waals surface area contributed by atoms with Crippen molar-refractivity contribution in [2.45, 2.75) is 26.2 Å². The van der Waals surface area contributed by atoms with Gasteiger partial charge in [-0.15, -0.1) is 0 Å². The first-order valence-corrected chi connectivity index (χ1v) is 7.81. The van der Waals surface area contributed by atoms with Gasteiger partial charge in [0.2, 0.25) is 5.91 Å². The third-order valence-corrected chi connectivity index (χ3v) is 3.64. The van der Waals surface area contributed by atoms with Gasteiger partial charge in [-0.05, 0) is 47.9 Å². The number of rotatable bonds is 6. The molecule has 0 atom stereocenters. The maximum Gasteiger partial charge on any atom is 0.226 e. The lowest BCUT2D eigenvalue weighted by Crippen LogP contribution is -2.16. The highest BCUT2D eigenvalue weighted by Gasteiger charge is 2.03. The van der Waals surface area contributed by atoms with Gasteiger partial charge in [0.05, 0.1) is 0 Å². The summed E-state index contributed by atoms with van der Waals surface area (Å²) in [6, 6.07) is 15.4. The summed E-state index contributed by atoms with van der Waals surface area (Å²) in [7, 11) is 0. The van der Waals surface area contributed by atoms with Crippen LogP contribution in [0.25, 0.3) is 0 Å². The van der Waals surface area contributed by atoms with Gasteiger partial charge in [0.25, 0.3) is 0 Å². The highest BCUT2D eigenvalue weighted by Crippen LogP contribution is 2.17. The zero-order valence-electron chi connectivity index (χ0n) is 12.9. The summed E-state index contributed by atoms with van der Waals surface area (Å²) in [5.74, 6) is 0.493. The van der Waals surface area contributed by atoms with E-state index in [0.717, 1.165) is 11.4 Å². The van der Waals surface area contributed by atoms with Crippen LogP contribution in [0.3, 0.4) is 0 Å². The third kappa shape index (κ3) is 5.08. The summed E-state index contributed by atoms with van der Waals surface area (Å²) < 4.78 is 0. The predicted molar refractivity (Wildman–Crippen MR) is 93.7 cm³/mol. The SMILES string of the molecule is CC(C)c1ccc(NC(=O)CCNc2ccc(Cl)cc2)cc1. The second kappa shape index (κ2) is 7.85. The molecule has 2 aromatic rings. The van der Waals surface area contributed by atoms with Gasteiger partial charge in [0, 0.05) is 29.4 Å². The van der Waals surface area contributed by atoms with Crippen molar-refractivity contribution in [3.63, 3.8) is 0 Å². The van der Waals surface area contributed by atoms with Crippen molar-refractivity contribution >= 4 is 28.9 Å². The second-order valence-electron chi connectivity index (χ2n) is 5.51. The second-order valence-corrected chi connectivity index (χ2v) is 5.94. The Morgan fingerprint density at radius 3 is 2.18 bits per heavy atom. The van der Waals surface area contributed by atoms with Crippen molar-refractivity contribution in [1.29, 1.82) is 0 Å². The fraction of sp³-hybridized carbons (Fsp3) is 0.278. The van der Waals surface area contributed by atoms with Gasteiger partial charge in [0.15, 0.2) is 0 Å². The van der Waals surface area contributed by atoms with Crippen molar-refractivity contribution in [1.82, 2.24) is 0 Å². The van der Waals surface area contributed by atoms with Crippen LogP contribution >= 0.6 is 11.6 Å². The van der Waals surface area contributed by atoms with Gasteiger partial charge in [0.1, 0.15) is 0 Å². The summed E-state index contributed by atoms with van der Waals surface area (Å²) in [4.78, 5) is 11.9. The van der Waals surface area contributed by atoms with Crippen molar-refractivity contribution in [3.05, 3.63) is 59.1 Å². The maximum atomic E-state index is 11.9. The molecule has 0 bridgehead atoms. The van der Waals surface area contributed by atoms with Crippen LogP contribution in [-0.4, -0.2) is 12.5 Å². The zero-order valence-corrected chi connectivity index (χ0v) is 13.7. The molecule has 116 valence electrons. The molecule has 0 aromatic heterocycles. The molecule has 4 heteroatoms. The summed E-state index contributed by atoms with van der Waals surface area (Å²) in [6.45, 7) is 4.88. The molecule has 1 amide bonds. The van der Waals surface area contributed by atoms with Crippen LogP contribution in [0.1, 0.15) is 31.7 Å². The van der Waals surface area contributed by atoms with E-state index in [4.69, 9.17) is 11.6 Å². The van der Waals surface area contributed by atoms with E-state index in [1.807, 2.05) is 48.5 Å². The first-order valence-electron chi connectivity index (χ1n) is 7.44. The minimum absolute atomic E-state index is 0.00115. The van der Waals surface area contributed by atoms with Crippen LogP contribution in [0.5, 0.6) is 0 Å². The first-order chi connectivity index (χ1) is 10.5. The smallest absolute Gasteiger partial charge is 0.226 e. The molecule has 0 spiro atoms. The number of nitrogens with one attached hydrogen (secondary N) is 2. The van der Waals surface area contributed by atoms with Crippen molar-refractivity contribution < 1.29 is 4.79 Å². The fourth-order valence-electron chi connectivity index (χ4n) is 2.06. The summed E-state index contributed by atoms with van der Waals surface area (Å²) >= 11 is 5.83. The standard InChI is InChI=1S/C18H21ClN2O/c1-13(2)14-3-7-17(8-4-14)21-18(22)11-12-20-16-9-5-15(19)6-10-16/h3-10,13,20H,11-12H2,1-2H3,(H,21,22). The Labute approximate surface area is 136 Å². The Kier molecular flexibility index (Phi) is 5.84.